The van der Waals surface area contributed by atoms with Crippen LogP contribution >= 0.6 is 11.3 Å². The summed E-state index contributed by atoms with van der Waals surface area (Å²) in [6, 6.07) is 0. The van der Waals surface area contributed by atoms with Crippen LogP contribution < -0.4 is 0 Å². The third kappa shape index (κ3) is 3.26. The average molecular weight is 257 g/mol. The number of carboxylic acids is 1. The summed E-state index contributed by atoms with van der Waals surface area (Å²) in [6.07, 6.45) is 1.67. The van der Waals surface area contributed by atoms with Crippen molar-refractivity contribution in [3.05, 3.63) is 16.1 Å². The van der Waals surface area contributed by atoms with Crippen molar-refractivity contribution in [1.82, 2.24) is 4.98 Å². The van der Waals surface area contributed by atoms with Gasteiger partial charge in [-0.15, -0.1) is 11.3 Å². The summed E-state index contributed by atoms with van der Waals surface area (Å²) in [5.41, 5.74) is 0.263. The summed E-state index contributed by atoms with van der Waals surface area (Å²) in [4.78, 5) is 15.0. The second kappa shape index (κ2) is 6.12. The van der Waals surface area contributed by atoms with Crippen LogP contribution in [0.3, 0.4) is 0 Å². The first kappa shape index (κ1) is 14.1. The molecule has 1 N–H and O–H groups in total. The average Bonchev–Trinajstić information content (AvgIpc) is 2.74. The van der Waals surface area contributed by atoms with Crippen LogP contribution in [0.15, 0.2) is 5.38 Å². The van der Waals surface area contributed by atoms with Crippen LogP contribution in [0.1, 0.15) is 44.3 Å². The predicted molar refractivity (Wildman–Crippen MR) is 67.3 cm³/mol. The first-order valence-corrected chi connectivity index (χ1v) is 6.76. The van der Waals surface area contributed by atoms with Gasteiger partial charge in [0.05, 0.1) is 12.1 Å². The Morgan fingerprint density at radius 3 is 2.59 bits per heavy atom. The first-order chi connectivity index (χ1) is 8.07. The van der Waals surface area contributed by atoms with Gasteiger partial charge in [0.2, 0.25) is 0 Å². The highest BCUT2D eigenvalue weighted by atomic mass is 32.1. The Balaban J connectivity index is 2.94. The number of hydrogen-bond acceptors (Lipinski definition) is 4. The monoisotopic (exact) mass is 257 g/mol. The third-order valence-corrected chi connectivity index (χ3v) is 3.91. The largest absolute Gasteiger partial charge is 0.481 e. The van der Waals surface area contributed by atoms with Crippen molar-refractivity contribution in [2.75, 3.05) is 6.61 Å². The second-order valence-electron chi connectivity index (χ2n) is 3.85. The standard InChI is InChI=1S/C12H19NO3S/c1-4-12(5-2,16-6-3)11-13-9(8-17-11)7-10(14)15/h8H,4-7H2,1-3H3,(H,14,15). The highest BCUT2D eigenvalue weighted by Crippen LogP contribution is 2.35. The fourth-order valence-corrected chi connectivity index (χ4v) is 2.96. The summed E-state index contributed by atoms with van der Waals surface area (Å²) < 4.78 is 5.83. The molecule has 0 aromatic carbocycles. The number of ether oxygens (including phenoxy) is 1. The molecule has 1 aromatic heterocycles. The Morgan fingerprint density at radius 1 is 1.47 bits per heavy atom. The molecule has 0 saturated heterocycles. The van der Waals surface area contributed by atoms with E-state index in [0.717, 1.165) is 17.8 Å². The van der Waals surface area contributed by atoms with Gasteiger partial charge < -0.3 is 9.84 Å². The lowest BCUT2D eigenvalue weighted by Gasteiger charge is -2.29. The van der Waals surface area contributed by atoms with E-state index in [2.05, 4.69) is 18.8 Å². The van der Waals surface area contributed by atoms with Crippen molar-refractivity contribution in [3.8, 4) is 0 Å². The molecular formula is C12H19NO3S. The highest BCUT2D eigenvalue weighted by molar-refractivity contribution is 7.09. The van der Waals surface area contributed by atoms with Gasteiger partial charge in [0, 0.05) is 12.0 Å². The molecule has 0 saturated carbocycles. The van der Waals surface area contributed by atoms with E-state index in [1.807, 2.05) is 12.3 Å². The molecule has 1 heterocycles. The minimum absolute atomic E-state index is 0.0217. The molecule has 5 heteroatoms. The van der Waals surface area contributed by atoms with E-state index in [-0.39, 0.29) is 12.0 Å². The van der Waals surface area contributed by atoms with E-state index < -0.39 is 5.97 Å². The molecule has 4 nitrogen and oxygen atoms in total. The van der Waals surface area contributed by atoms with Gasteiger partial charge in [-0.1, -0.05) is 13.8 Å². The zero-order valence-corrected chi connectivity index (χ0v) is 11.3. The van der Waals surface area contributed by atoms with Crippen molar-refractivity contribution < 1.29 is 14.6 Å². The van der Waals surface area contributed by atoms with Gasteiger partial charge >= 0.3 is 5.97 Å². The lowest BCUT2D eigenvalue weighted by Crippen LogP contribution is -2.28. The zero-order valence-electron chi connectivity index (χ0n) is 10.5. The number of carbonyl (C=O) groups is 1. The van der Waals surface area contributed by atoms with Gasteiger partial charge in [-0.2, -0.15) is 0 Å². The maximum atomic E-state index is 10.6. The normalized spacial score (nSPS) is 11.7. The van der Waals surface area contributed by atoms with Crippen LogP contribution in [-0.2, 0) is 21.6 Å². The molecular weight excluding hydrogens is 238 g/mol. The fraction of sp³-hybridized carbons (Fsp3) is 0.667. The van der Waals surface area contributed by atoms with Crippen molar-refractivity contribution in [3.63, 3.8) is 0 Å². The molecule has 0 aliphatic carbocycles. The number of aliphatic carboxylic acids is 1. The Kier molecular flexibility index (Phi) is 5.08. The highest BCUT2D eigenvalue weighted by Gasteiger charge is 2.32. The van der Waals surface area contributed by atoms with Crippen LogP contribution in [0.25, 0.3) is 0 Å². The smallest absolute Gasteiger partial charge is 0.309 e. The van der Waals surface area contributed by atoms with Crippen LogP contribution in [0.4, 0.5) is 0 Å². The van der Waals surface area contributed by atoms with Crippen molar-refractivity contribution in [2.24, 2.45) is 0 Å². The van der Waals surface area contributed by atoms with E-state index in [9.17, 15) is 4.79 Å². The first-order valence-electron chi connectivity index (χ1n) is 5.88. The van der Waals surface area contributed by atoms with Crippen LogP contribution in [0.2, 0.25) is 0 Å². The number of nitrogens with zero attached hydrogens (tertiary/aromatic N) is 1. The molecule has 96 valence electrons. The van der Waals surface area contributed by atoms with Gasteiger partial charge in [-0.3, -0.25) is 4.79 Å². The Hall–Kier alpha value is -0.940. The molecule has 0 radical (unpaired) electrons. The number of rotatable bonds is 7. The molecule has 0 aliphatic rings. The summed E-state index contributed by atoms with van der Waals surface area (Å²) in [5.74, 6) is -0.850. The van der Waals surface area contributed by atoms with E-state index >= 15 is 0 Å². The van der Waals surface area contributed by atoms with Crippen LogP contribution in [0.5, 0.6) is 0 Å². The van der Waals surface area contributed by atoms with Gasteiger partial charge in [-0.25, -0.2) is 4.98 Å². The summed E-state index contributed by atoms with van der Waals surface area (Å²) in [6.45, 7) is 6.73. The van der Waals surface area contributed by atoms with Crippen LogP contribution in [-0.4, -0.2) is 22.7 Å². The van der Waals surface area contributed by atoms with Crippen molar-refractivity contribution in [1.29, 1.82) is 0 Å². The number of thiazole rings is 1. The number of aromatic nitrogens is 1. The minimum atomic E-state index is -0.850. The lowest BCUT2D eigenvalue weighted by atomic mass is 9.98. The van der Waals surface area contributed by atoms with E-state index in [4.69, 9.17) is 9.84 Å². The van der Waals surface area contributed by atoms with Crippen LogP contribution in [0, 0.1) is 0 Å². The van der Waals surface area contributed by atoms with Crippen molar-refractivity contribution in [2.45, 2.75) is 45.6 Å². The minimum Gasteiger partial charge on any atom is -0.481 e. The quantitative estimate of drug-likeness (QED) is 0.816. The molecule has 0 spiro atoms. The Morgan fingerprint density at radius 2 is 2.12 bits per heavy atom. The van der Waals surface area contributed by atoms with E-state index in [1.54, 1.807) is 0 Å². The Bertz CT molecular complexity index is 372. The van der Waals surface area contributed by atoms with Crippen molar-refractivity contribution >= 4 is 17.3 Å². The lowest BCUT2D eigenvalue weighted by molar-refractivity contribution is -0.136. The summed E-state index contributed by atoms with van der Waals surface area (Å²) >= 11 is 1.49. The summed E-state index contributed by atoms with van der Waals surface area (Å²) in [7, 11) is 0. The maximum Gasteiger partial charge on any atom is 0.309 e. The van der Waals surface area contributed by atoms with Gasteiger partial charge in [-0.05, 0) is 19.8 Å². The molecule has 1 rings (SSSR count). The van der Waals surface area contributed by atoms with E-state index in [1.165, 1.54) is 11.3 Å². The Labute approximate surface area is 106 Å². The molecule has 0 amide bonds. The topological polar surface area (TPSA) is 59.4 Å². The predicted octanol–water partition coefficient (Wildman–Crippen LogP) is 2.82. The third-order valence-electron chi connectivity index (χ3n) is 2.84. The van der Waals surface area contributed by atoms with Gasteiger partial charge in [0.25, 0.3) is 0 Å². The molecule has 1 aromatic rings. The fourth-order valence-electron chi connectivity index (χ4n) is 1.85. The van der Waals surface area contributed by atoms with E-state index in [0.29, 0.717) is 12.3 Å². The zero-order chi connectivity index (χ0) is 12.9. The van der Waals surface area contributed by atoms with Gasteiger partial charge in [0.15, 0.2) is 0 Å². The molecule has 0 bridgehead atoms. The molecule has 17 heavy (non-hydrogen) atoms. The second-order valence-corrected chi connectivity index (χ2v) is 4.71. The SMILES string of the molecule is CCOC(CC)(CC)c1nc(CC(=O)O)cs1. The maximum absolute atomic E-state index is 10.6. The molecule has 0 atom stereocenters. The molecule has 0 aliphatic heterocycles. The number of hydrogen-bond donors (Lipinski definition) is 1. The summed E-state index contributed by atoms with van der Waals surface area (Å²) in [5, 5.41) is 11.4. The molecule has 0 fully saturated rings. The molecule has 0 unspecified atom stereocenters. The number of carboxylic acid groups (broad SMARTS) is 1. The van der Waals surface area contributed by atoms with Gasteiger partial charge in [0.1, 0.15) is 10.6 Å².